The van der Waals surface area contributed by atoms with Crippen molar-refractivity contribution in [1.29, 1.82) is 0 Å². The Bertz CT molecular complexity index is 810. The summed E-state index contributed by atoms with van der Waals surface area (Å²) in [5.41, 5.74) is 0.504. The molecule has 0 N–H and O–H groups in total. The number of rotatable bonds is 3. The molecule has 0 radical (unpaired) electrons. The second kappa shape index (κ2) is 7.00. The van der Waals surface area contributed by atoms with E-state index < -0.39 is 0 Å². The molecule has 25 heavy (non-hydrogen) atoms. The number of fused-ring (bicyclic) bond motifs is 1. The normalized spacial score (nSPS) is 24.2. The smallest absolute Gasteiger partial charge is 0.199 e. The molecule has 2 aliphatic rings. The summed E-state index contributed by atoms with van der Waals surface area (Å²) in [6, 6.07) is 7.41. The maximum absolute atomic E-state index is 14.2. The van der Waals surface area contributed by atoms with Gasteiger partial charge in [-0.15, -0.1) is 0 Å². The molecule has 1 aromatic carbocycles. The van der Waals surface area contributed by atoms with Crippen LogP contribution in [0.3, 0.4) is 0 Å². The molecule has 2 aromatic rings. The van der Waals surface area contributed by atoms with Gasteiger partial charge in [0.15, 0.2) is 10.6 Å². The summed E-state index contributed by atoms with van der Waals surface area (Å²) in [6.07, 6.45) is 7.94. The van der Waals surface area contributed by atoms with Crippen molar-refractivity contribution in [2.24, 2.45) is 13.0 Å². The molecule has 2 atom stereocenters. The van der Waals surface area contributed by atoms with Gasteiger partial charge in [-0.25, -0.2) is 9.07 Å². The van der Waals surface area contributed by atoms with Crippen LogP contribution in [0, 0.1) is 16.5 Å². The van der Waals surface area contributed by atoms with Gasteiger partial charge in [0, 0.05) is 19.6 Å². The molecule has 0 bridgehead atoms. The van der Waals surface area contributed by atoms with Gasteiger partial charge in [-0.05, 0) is 56.0 Å². The largest absolute Gasteiger partial charge is 0.303 e. The van der Waals surface area contributed by atoms with E-state index in [4.69, 9.17) is 12.2 Å². The molecule has 4 nitrogen and oxygen atoms in total. The number of piperidine rings is 1. The number of likely N-dealkylation sites (tertiary alicyclic amines) is 1. The Hall–Kier alpha value is -1.53. The molecule has 1 aliphatic heterocycles. The number of nitrogens with zero attached hydrogens (tertiary/aromatic N) is 4. The van der Waals surface area contributed by atoms with E-state index >= 15 is 0 Å². The molecule has 1 saturated heterocycles. The van der Waals surface area contributed by atoms with Crippen LogP contribution >= 0.6 is 12.2 Å². The van der Waals surface area contributed by atoms with Gasteiger partial charge in [0.05, 0.1) is 12.2 Å². The lowest BCUT2D eigenvalue weighted by Gasteiger charge is -2.43. The molecule has 134 valence electrons. The minimum Gasteiger partial charge on any atom is -0.303 e. The monoisotopic (exact) mass is 360 g/mol. The zero-order valence-corrected chi connectivity index (χ0v) is 15.5. The van der Waals surface area contributed by atoms with E-state index in [9.17, 15) is 4.39 Å². The fraction of sp³-hybridized carbons (Fsp3) is 0.579. The lowest BCUT2D eigenvalue weighted by Crippen LogP contribution is -2.47. The van der Waals surface area contributed by atoms with E-state index in [2.05, 4.69) is 10.00 Å². The summed E-state index contributed by atoms with van der Waals surface area (Å²) in [5, 5.41) is 4.67. The Balaban J connectivity index is 1.62. The lowest BCUT2D eigenvalue weighted by molar-refractivity contribution is 0.0323. The van der Waals surface area contributed by atoms with Crippen LogP contribution in [0.15, 0.2) is 24.3 Å². The third-order valence-electron chi connectivity index (χ3n) is 5.83. The van der Waals surface area contributed by atoms with Gasteiger partial charge >= 0.3 is 0 Å². The van der Waals surface area contributed by atoms with Crippen molar-refractivity contribution >= 4 is 12.2 Å². The van der Waals surface area contributed by atoms with Crippen molar-refractivity contribution < 1.29 is 4.39 Å². The van der Waals surface area contributed by atoms with Crippen LogP contribution < -0.4 is 0 Å². The number of hydrogen-bond acceptors (Lipinski definition) is 3. The van der Waals surface area contributed by atoms with Crippen LogP contribution in [0.5, 0.6) is 0 Å². The highest BCUT2D eigenvalue weighted by Crippen LogP contribution is 2.35. The topological polar surface area (TPSA) is 26.0 Å². The fourth-order valence-electron chi connectivity index (χ4n) is 4.53. The van der Waals surface area contributed by atoms with Crippen LogP contribution in [-0.2, 0) is 13.7 Å². The molecule has 4 rings (SSSR count). The van der Waals surface area contributed by atoms with E-state index in [0.717, 1.165) is 12.5 Å². The predicted octanol–water partition coefficient (Wildman–Crippen LogP) is 4.37. The minimum atomic E-state index is -0.261. The number of benzene rings is 1. The Morgan fingerprint density at radius 1 is 1.16 bits per heavy atom. The highest BCUT2D eigenvalue weighted by Gasteiger charge is 2.33. The summed E-state index contributed by atoms with van der Waals surface area (Å²) in [6.45, 7) is 1.82. The fourth-order valence-corrected chi connectivity index (χ4v) is 4.72. The number of hydrogen-bond donors (Lipinski definition) is 0. The van der Waals surface area contributed by atoms with Gasteiger partial charge < -0.3 is 4.57 Å². The number of halogens is 1. The van der Waals surface area contributed by atoms with Crippen molar-refractivity contribution in [3.05, 3.63) is 34.9 Å². The maximum atomic E-state index is 14.2. The Kier molecular flexibility index (Phi) is 4.73. The van der Waals surface area contributed by atoms with Gasteiger partial charge in [-0.1, -0.05) is 25.0 Å². The van der Waals surface area contributed by atoms with Crippen molar-refractivity contribution in [2.75, 3.05) is 6.54 Å². The molecule has 2 heterocycles. The summed E-state index contributed by atoms with van der Waals surface area (Å²) in [7, 11) is 1.87. The molecular weight excluding hydrogens is 335 g/mol. The Labute approximate surface area is 153 Å². The quantitative estimate of drug-likeness (QED) is 0.760. The van der Waals surface area contributed by atoms with Gasteiger partial charge in [0.1, 0.15) is 5.82 Å². The van der Waals surface area contributed by atoms with Crippen LogP contribution in [-0.4, -0.2) is 31.8 Å². The summed E-state index contributed by atoms with van der Waals surface area (Å²) in [4.78, 5) is 2.54. The molecule has 1 aromatic heterocycles. The van der Waals surface area contributed by atoms with Gasteiger partial charge in [-0.3, -0.25) is 4.90 Å². The summed E-state index contributed by atoms with van der Waals surface area (Å²) < 4.78 is 18.5. The zero-order valence-electron chi connectivity index (χ0n) is 14.7. The molecule has 6 heteroatoms. The third-order valence-corrected chi connectivity index (χ3v) is 6.31. The highest BCUT2D eigenvalue weighted by molar-refractivity contribution is 7.71. The summed E-state index contributed by atoms with van der Waals surface area (Å²) >= 11 is 5.59. The van der Waals surface area contributed by atoms with Gasteiger partial charge in [0.25, 0.3) is 0 Å². The lowest BCUT2D eigenvalue weighted by atomic mass is 9.78. The molecule has 0 spiro atoms. The Morgan fingerprint density at radius 3 is 2.76 bits per heavy atom. The first-order valence-corrected chi connectivity index (χ1v) is 9.69. The first kappa shape index (κ1) is 16.9. The van der Waals surface area contributed by atoms with Crippen molar-refractivity contribution in [3.63, 3.8) is 0 Å². The van der Waals surface area contributed by atoms with Crippen molar-refractivity contribution in [1.82, 2.24) is 19.2 Å². The van der Waals surface area contributed by atoms with E-state index in [1.54, 1.807) is 12.1 Å². The second-order valence-corrected chi connectivity index (χ2v) is 7.72. The van der Waals surface area contributed by atoms with Crippen LogP contribution in [0.4, 0.5) is 4.39 Å². The average Bonchev–Trinajstić information content (AvgIpc) is 2.91. The third kappa shape index (κ3) is 3.17. The van der Waals surface area contributed by atoms with Crippen molar-refractivity contribution in [2.45, 2.75) is 51.2 Å². The van der Waals surface area contributed by atoms with Crippen LogP contribution in [0.25, 0.3) is 11.4 Å². The van der Waals surface area contributed by atoms with E-state index in [1.807, 2.05) is 22.4 Å². The standard InChI is InChI=1S/C19H25FN4S/c1-22-18(15-9-3-4-10-16(15)20)21-24(19(22)25)13-23-12-6-8-14-7-2-5-11-17(14)23/h3-4,9-10,14,17H,2,5-8,11-13H2,1H3/t14-,17-/m0/s1. The molecule has 1 saturated carbocycles. The predicted molar refractivity (Wildman–Crippen MR) is 99.1 cm³/mol. The molecule has 2 fully saturated rings. The molecule has 0 amide bonds. The van der Waals surface area contributed by atoms with Gasteiger partial charge in [0.2, 0.25) is 0 Å². The first-order chi connectivity index (χ1) is 12.1. The maximum Gasteiger partial charge on any atom is 0.199 e. The second-order valence-electron chi connectivity index (χ2n) is 7.35. The number of aromatic nitrogens is 3. The van der Waals surface area contributed by atoms with Crippen molar-refractivity contribution in [3.8, 4) is 11.4 Å². The van der Waals surface area contributed by atoms with Crippen LogP contribution in [0.2, 0.25) is 0 Å². The first-order valence-electron chi connectivity index (χ1n) is 9.28. The van der Waals surface area contributed by atoms with E-state index in [1.165, 1.54) is 44.6 Å². The van der Waals surface area contributed by atoms with Gasteiger partial charge in [-0.2, -0.15) is 5.10 Å². The van der Waals surface area contributed by atoms with Crippen LogP contribution in [0.1, 0.15) is 38.5 Å². The van der Waals surface area contributed by atoms with E-state index in [0.29, 0.717) is 28.9 Å². The summed E-state index contributed by atoms with van der Waals surface area (Å²) in [5.74, 6) is 1.16. The molecule has 0 unspecified atom stereocenters. The minimum absolute atomic E-state index is 0.261. The molecule has 1 aliphatic carbocycles. The zero-order chi connectivity index (χ0) is 17.4. The highest BCUT2D eigenvalue weighted by atomic mass is 32.1. The average molecular weight is 361 g/mol. The molecular formula is C19H25FN4S. The van der Waals surface area contributed by atoms with E-state index in [-0.39, 0.29) is 5.82 Å². The Morgan fingerprint density at radius 2 is 1.92 bits per heavy atom. The SMILES string of the molecule is Cn1c(-c2ccccc2F)nn(CN2CCC[C@@H]3CCCC[C@@H]32)c1=S.